The summed E-state index contributed by atoms with van der Waals surface area (Å²) in [4.78, 5) is 14.8. The minimum Gasteiger partial charge on any atom is -0.372 e. The van der Waals surface area contributed by atoms with Crippen molar-refractivity contribution >= 4 is 33.0 Å². The standard InChI is InChI=1S/C23H30FN3O4S/c1-15-13-27(14-16(2)31-15)21-12-18(24)8-11-20(21)25-22(28)17-6-9-19(10-7-17)26-32(29,30)23(3,4)5/h6-12,15-16,26H,13-14H2,1-5H3,(H,25,28)/t15-,16+. The van der Waals surface area contributed by atoms with Crippen LogP contribution in [0.3, 0.4) is 0 Å². The van der Waals surface area contributed by atoms with Gasteiger partial charge in [0.05, 0.1) is 28.3 Å². The number of sulfonamides is 1. The number of nitrogens with zero attached hydrogens (tertiary/aromatic N) is 1. The first kappa shape index (κ1) is 24.0. The van der Waals surface area contributed by atoms with Crippen LogP contribution in [0.1, 0.15) is 45.0 Å². The van der Waals surface area contributed by atoms with E-state index in [0.29, 0.717) is 35.7 Å². The second-order valence-corrected chi connectivity index (χ2v) is 11.5. The van der Waals surface area contributed by atoms with Gasteiger partial charge in [-0.1, -0.05) is 0 Å². The van der Waals surface area contributed by atoms with E-state index >= 15 is 0 Å². The minimum absolute atomic E-state index is 0.0185. The van der Waals surface area contributed by atoms with E-state index in [-0.39, 0.29) is 23.9 Å². The van der Waals surface area contributed by atoms with Crippen molar-refractivity contribution in [1.82, 2.24) is 0 Å². The largest absolute Gasteiger partial charge is 0.372 e. The Morgan fingerprint density at radius 3 is 2.22 bits per heavy atom. The molecule has 3 rings (SSSR count). The van der Waals surface area contributed by atoms with Crippen LogP contribution in [-0.2, 0) is 14.8 Å². The Morgan fingerprint density at radius 2 is 1.66 bits per heavy atom. The fourth-order valence-electron chi connectivity index (χ4n) is 3.44. The number of benzene rings is 2. The number of hydrogen-bond donors (Lipinski definition) is 2. The molecule has 2 N–H and O–H groups in total. The number of rotatable bonds is 5. The molecule has 0 spiro atoms. The number of halogens is 1. The van der Waals surface area contributed by atoms with E-state index in [0.717, 1.165) is 0 Å². The topological polar surface area (TPSA) is 87.7 Å². The average Bonchev–Trinajstić information content (AvgIpc) is 2.68. The van der Waals surface area contributed by atoms with E-state index in [9.17, 15) is 17.6 Å². The maximum Gasteiger partial charge on any atom is 0.255 e. The van der Waals surface area contributed by atoms with Crippen molar-refractivity contribution in [2.75, 3.05) is 28.0 Å². The van der Waals surface area contributed by atoms with Gasteiger partial charge < -0.3 is 15.0 Å². The van der Waals surface area contributed by atoms with E-state index < -0.39 is 14.8 Å². The molecule has 1 heterocycles. The van der Waals surface area contributed by atoms with Crippen molar-refractivity contribution < 1.29 is 22.3 Å². The molecule has 0 saturated carbocycles. The second-order valence-electron chi connectivity index (χ2n) is 9.07. The highest BCUT2D eigenvalue weighted by Crippen LogP contribution is 2.30. The van der Waals surface area contributed by atoms with Gasteiger partial charge in [-0.3, -0.25) is 9.52 Å². The highest BCUT2D eigenvalue weighted by atomic mass is 32.2. The van der Waals surface area contributed by atoms with Gasteiger partial charge in [0.15, 0.2) is 0 Å². The Bertz CT molecular complexity index is 1070. The van der Waals surface area contributed by atoms with Crippen LogP contribution < -0.4 is 14.9 Å². The molecule has 0 unspecified atom stereocenters. The zero-order chi connectivity index (χ0) is 23.7. The van der Waals surface area contributed by atoms with Gasteiger partial charge in [-0.25, -0.2) is 12.8 Å². The van der Waals surface area contributed by atoms with Crippen LogP contribution >= 0.6 is 0 Å². The van der Waals surface area contributed by atoms with Crippen LogP contribution in [0.5, 0.6) is 0 Å². The van der Waals surface area contributed by atoms with Crippen LogP contribution in [0.15, 0.2) is 42.5 Å². The van der Waals surface area contributed by atoms with Gasteiger partial charge in [-0.2, -0.15) is 0 Å². The van der Waals surface area contributed by atoms with Crippen molar-refractivity contribution in [1.29, 1.82) is 0 Å². The van der Waals surface area contributed by atoms with Gasteiger partial charge in [0.2, 0.25) is 10.0 Å². The Labute approximate surface area is 189 Å². The molecule has 1 fully saturated rings. The third-order valence-electron chi connectivity index (χ3n) is 5.17. The number of ether oxygens (including phenoxy) is 1. The van der Waals surface area contributed by atoms with Crippen LogP contribution in [-0.4, -0.2) is 44.4 Å². The van der Waals surface area contributed by atoms with Gasteiger partial charge >= 0.3 is 0 Å². The van der Waals surface area contributed by atoms with E-state index in [2.05, 4.69) is 10.0 Å². The lowest BCUT2D eigenvalue weighted by atomic mass is 10.1. The van der Waals surface area contributed by atoms with E-state index in [1.807, 2.05) is 18.7 Å². The van der Waals surface area contributed by atoms with Crippen molar-refractivity contribution in [3.05, 3.63) is 53.8 Å². The molecule has 1 aliphatic rings. The third kappa shape index (κ3) is 5.58. The van der Waals surface area contributed by atoms with Crippen molar-refractivity contribution in [2.45, 2.75) is 51.6 Å². The summed E-state index contributed by atoms with van der Waals surface area (Å²) in [5.41, 5.74) is 1.81. The summed E-state index contributed by atoms with van der Waals surface area (Å²) < 4.78 is 45.9. The predicted molar refractivity (Wildman–Crippen MR) is 125 cm³/mol. The van der Waals surface area contributed by atoms with Crippen LogP contribution in [0.2, 0.25) is 0 Å². The fraction of sp³-hybridized carbons (Fsp3) is 0.435. The summed E-state index contributed by atoms with van der Waals surface area (Å²) in [6.07, 6.45) is -0.0371. The van der Waals surface area contributed by atoms with Crippen molar-refractivity contribution in [3.63, 3.8) is 0 Å². The fourth-order valence-corrected chi connectivity index (χ4v) is 4.19. The first-order valence-corrected chi connectivity index (χ1v) is 12.0. The van der Waals surface area contributed by atoms with Gasteiger partial charge in [-0.05, 0) is 77.1 Å². The molecule has 2 atom stereocenters. The molecule has 2 aromatic carbocycles. The van der Waals surface area contributed by atoms with Crippen LogP contribution in [0.25, 0.3) is 0 Å². The first-order chi connectivity index (χ1) is 14.9. The van der Waals surface area contributed by atoms with Crippen molar-refractivity contribution in [3.8, 4) is 0 Å². The molecule has 0 aromatic heterocycles. The van der Waals surface area contributed by atoms with E-state index in [4.69, 9.17) is 4.74 Å². The molecule has 0 radical (unpaired) electrons. The number of carbonyl (C=O) groups excluding carboxylic acids is 1. The SMILES string of the molecule is C[C@@H]1CN(c2cc(F)ccc2NC(=O)c2ccc(NS(=O)(=O)C(C)(C)C)cc2)C[C@H](C)O1. The number of anilines is 3. The molecular formula is C23H30FN3O4S. The minimum atomic E-state index is -3.57. The Morgan fingerprint density at radius 1 is 1.06 bits per heavy atom. The molecular weight excluding hydrogens is 433 g/mol. The summed E-state index contributed by atoms with van der Waals surface area (Å²) in [6.45, 7) is 9.89. The highest BCUT2D eigenvalue weighted by molar-refractivity contribution is 7.94. The Balaban J connectivity index is 1.78. The molecule has 2 aromatic rings. The number of nitrogens with one attached hydrogen (secondary N) is 2. The number of amides is 1. The molecule has 0 aliphatic carbocycles. The maximum atomic E-state index is 14.0. The number of carbonyl (C=O) groups is 1. The molecule has 174 valence electrons. The molecule has 1 saturated heterocycles. The summed E-state index contributed by atoms with van der Waals surface area (Å²) in [7, 11) is -3.57. The molecule has 0 bridgehead atoms. The van der Waals surface area contributed by atoms with Gasteiger partial charge in [0.1, 0.15) is 5.82 Å². The quantitative estimate of drug-likeness (QED) is 0.693. The van der Waals surface area contributed by atoms with E-state index in [1.165, 1.54) is 36.4 Å². The zero-order valence-corrected chi connectivity index (χ0v) is 19.8. The lowest BCUT2D eigenvalue weighted by Gasteiger charge is -2.37. The molecule has 1 aliphatic heterocycles. The normalized spacial score (nSPS) is 19.5. The summed E-state index contributed by atoms with van der Waals surface area (Å²) >= 11 is 0. The van der Waals surface area contributed by atoms with Crippen LogP contribution in [0, 0.1) is 5.82 Å². The number of morpholine rings is 1. The Hall–Kier alpha value is -2.65. The molecule has 1 amide bonds. The van der Waals surface area contributed by atoms with Crippen molar-refractivity contribution in [2.24, 2.45) is 0 Å². The second kappa shape index (κ2) is 9.07. The zero-order valence-electron chi connectivity index (χ0n) is 19.0. The molecule has 9 heteroatoms. The smallest absolute Gasteiger partial charge is 0.255 e. The lowest BCUT2D eigenvalue weighted by Crippen LogP contribution is -2.45. The molecule has 7 nitrogen and oxygen atoms in total. The van der Waals surface area contributed by atoms with Crippen LogP contribution in [0.4, 0.5) is 21.5 Å². The first-order valence-electron chi connectivity index (χ1n) is 10.5. The summed E-state index contributed by atoms with van der Waals surface area (Å²) in [5.74, 6) is -0.766. The van der Waals surface area contributed by atoms with E-state index in [1.54, 1.807) is 26.8 Å². The lowest BCUT2D eigenvalue weighted by molar-refractivity contribution is -0.00519. The van der Waals surface area contributed by atoms with Gasteiger partial charge in [-0.15, -0.1) is 0 Å². The maximum absolute atomic E-state index is 14.0. The third-order valence-corrected chi connectivity index (χ3v) is 7.29. The van der Waals surface area contributed by atoms with Gasteiger partial charge in [0, 0.05) is 24.3 Å². The predicted octanol–water partition coefficient (Wildman–Crippen LogP) is 4.23. The highest BCUT2D eigenvalue weighted by Gasteiger charge is 2.29. The molecule has 32 heavy (non-hydrogen) atoms. The summed E-state index contributed by atoms with van der Waals surface area (Å²) in [6, 6.07) is 10.4. The van der Waals surface area contributed by atoms with Gasteiger partial charge in [0.25, 0.3) is 5.91 Å². The summed E-state index contributed by atoms with van der Waals surface area (Å²) in [5, 5.41) is 2.85. The average molecular weight is 464 g/mol. The monoisotopic (exact) mass is 463 g/mol. The number of hydrogen-bond acceptors (Lipinski definition) is 5. The Kier molecular flexibility index (Phi) is 6.80.